The first kappa shape index (κ1) is 11.1. The molecule has 0 atom stereocenters. The topological polar surface area (TPSA) is 17.8 Å². The average Bonchev–Trinajstić information content (AvgIpc) is 2.36. The van der Waals surface area contributed by atoms with E-state index >= 15 is 0 Å². The lowest BCUT2D eigenvalue weighted by molar-refractivity contribution is 0.498. The molecule has 0 bridgehead atoms. The Bertz CT molecular complexity index is 241. The van der Waals surface area contributed by atoms with E-state index in [4.69, 9.17) is 0 Å². The molecule has 0 saturated heterocycles. The van der Waals surface area contributed by atoms with Crippen molar-refractivity contribution in [1.29, 1.82) is 0 Å². The van der Waals surface area contributed by atoms with Gasteiger partial charge in [-0.1, -0.05) is 20.8 Å². The van der Waals surface area contributed by atoms with Crippen molar-refractivity contribution in [3.05, 3.63) is 17.2 Å². The molecule has 1 aromatic rings. The zero-order valence-corrected chi connectivity index (χ0v) is 8.48. The van der Waals surface area contributed by atoms with Crippen molar-refractivity contribution in [2.45, 2.75) is 34.1 Å². The Balaban J connectivity index is 0.000000561. The van der Waals surface area contributed by atoms with E-state index in [0.717, 1.165) is 12.1 Å². The van der Waals surface area contributed by atoms with Crippen LogP contribution in [-0.2, 0) is 13.5 Å². The van der Waals surface area contributed by atoms with Crippen LogP contribution in [0.15, 0.2) is 0 Å². The smallest absolute Gasteiger partial charge is 0.214 e. The zero-order chi connectivity index (χ0) is 9.72. The minimum Gasteiger partial charge on any atom is -0.242 e. The molecule has 0 aliphatic carbocycles. The summed E-state index contributed by atoms with van der Waals surface area (Å²) in [7, 11) is 1.61. The van der Waals surface area contributed by atoms with Crippen LogP contribution in [-0.4, -0.2) is 9.78 Å². The second kappa shape index (κ2) is 4.91. The molecule has 1 heterocycles. The van der Waals surface area contributed by atoms with Gasteiger partial charge in [0.05, 0.1) is 5.69 Å². The molecule has 3 heteroatoms. The van der Waals surface area contributed by atoms with Crippen molar-refractivity contribution < 1.29 is 4.39 Å². The first-order valence-electron chi connectivity index (χ1n) is 4.34. The van der Waals surface area contributed by atoms with E-state index in [1.807, 2.05) is 20.8 Å². The Morgan fingerprint density at radius 1 is 1.42 bits per heavy atom. The maximum Gasteiger partial charge on any atom is 0.214 e. The lowest BCUT2D eigenvalue weighted by atomic mass is 10.2. The first-order chi connectivity index (χ1) is 5.66. The number of aromatic nitrogens is 2. The van der Waals surface area contributed by atoms with Gasteiger partial charge in [0.1, 0.15) is 0 Å². The predicted molar refractivity (Wildman–Crippen MR) is 48.6 cm³/mol. The van der Waals surface area contributed by atoms with E-state index in [1.165, 1.54) is 4.68 Å². The van der Waals surface area contributed by atoms with Gasteiger partial charge in [-0.3, -0.25) is 0 Å². The molecule has 0 aliphatic rings. The van der Waals surface area contributed by atoms with E-state index in [1.54, 1.807) is 14.0 Å². The van der Waals surface area contributed by atoms with Crippen LogP contribution in [0.1, 0.15) is 32.0 Å². The van der Waals surface area contributed by atoms with Gasteiger partial charge in [-0.05, 0) is 13.3 Å². The van der Waals surface area contributed by atoms with Crippen LogP contribution in [0.25, 0.3) is 0 Å². The highest BCUT2D eigenvalue weighted by Crippen LogP contribution is 2.09. The molecule has 0 saturated carbocycles. The van der Waals surface area contributed by atoms with Crippen molar-refractivity contribution in [1.82, 2.24) is 9.78 Å². The normalized spacial score (nSPS) is 9.17. The minimum atomic E-state index is -0.225. The van der Waals surface area contributed by atoms with Crippen molar-refractivity contribution in [3.63, 3.8) is 0 Å². The summed E-state index contributed by atoms with van der Waals surface area (Å²) in [6.07, 6.45) is 0.795. The van der Waals surface area contributed by atoms with Crippen LogP contribution >= 0.6 is 0 Å². The molecule has 0 fully saturated rings. The maximum absolute atomic E-state index is 12.8. The second-order valence-electron chi connectivity index (χ2n) is 2.34. The summed E-state index contributed by atoms with van der Waals surface area (Å²) in [5, 5.41) is 3.97. The molecule has 0 aromatic carbocycles. The largest absolute Gasteiger partial charge is 0.242 e. The van der Waals surface area contributed by atoms with Gasteiger partial charge in [0.2, 0.25) is 5.95 Å². The molecule has 0 unspecified atom stereocenters. The Kier molecular flexibility index (Phi) is 4.55. The Morgan fingerprint density at radius 2 is 1.92 bits per heavy atom. The number of aryl methyl sites for hydroxylation is 2. The fraction of sp³-hybridized carbons (Fsp3) is 0.667. The molecule has 70 valence electrons. The van der Waals surface area contributed by atoms with Crippen molar-refractivity contribution in [2.24, 2.45) is 7.05 Å². The fourth-order valence-corrected chi connectivity index (χ4v) is 0.998. The number of rotatable bonds is 1. The highest BCUT2D eigenvalue weighted by Gasteiger charge is 2.08. The van der Waals surface area contributed by atoms with Crippen LogP contribution in [0, 0.1) is 12.9 Å². The van der Waals surface area contributed by atoms with Gasteiger partial charge in [-0.25, -0.2) is 4.68 Å². The molecule has 1 aromatic heterocycles. The van der Waals surface area contributed by atoms with Crippen LogP contribution in [0.4, 0.5) is 4.39 Å². The van der Waals surface area contributed by atoms with Crippen LogP contribution in [0.3, 0.4) is 0 Å². The molecule has 1 rings (SSSR count). The first-order valence-corrected chi connectivity index (χ1v) is 4.34. The minimum absolute atomic E-state index is 0.225. The lowest BCUT2D eigenvalue weighted by Crippen LogP contribution is -1.93. The fourth-order valence-electron chi connectivity index (χ4n) is 0.998. The van der Waals surface area contributed by atoms with Gasteiger partial charge in [0, 0.05) is 12.6 Å². The van der Waals surface area contributed by atoms with Crippen molar-refractivity contribution in [3.8, 4) is 0 Å². The third-order valence-electron chi connectivity index (χ3n) is 1.63. The quantitative estimate of drug-likeness (QED) is 0.636. The number of halogens is 1. The van der Waals surface area contributed by atoms with E-state index in [2.05, 4.69) is 5.10 Å². The molecule has 0 spiro atoms. The summed E-state index contributed by atoms with van der Waals surface area (Å²) in [4.78, 5) is 0. The van der Waals surface area contributed by atoms with Crippen LogP contribution in [0.2, 0.25) is 0 Å². The molecule has 0 radical (unpaired) electrons. The molecule has 0 N–H and O–H groups in total. The van der Waals surface area contributed by atoms with Gasteiger partial charge in [0.15, 0.2) is 0 Å². The predicted octanol–water partition coefficient (Wildman–Crippen LogP) is 2.46. The SMILES string of the molecule is CC.CCc1nn(C)c(F)c1C. The van der Waals surface area contributed by atoms with E-state index < -0.39 is 0 Å². The molecule has 2 nitrogen and oxygen atoms in total. The summed E-state index contributed by atoms with van der Waals surface area (Å²) in [6, 6.07) is 0. The second-order valence-corrected chi connectivity index (χ2v) is 2.34. The van der Waals surface area contributed by atoms with Gasteiger partial charge < -0.3 is 0 Å². The van der Waals surface area contributed by atoms with Crippen molar-refractivity contribution in [2.75, 3.05) is 0 Å². The van der Waals surface area contributed by atoms with Crippen LogP contribution in [0.5, 0.6) is 0 Å². The highest BCUT2D eigenvalue weighted by molar-refractivity contribution is 5.16. The number of hydrogen-bond donors (Lipinski definition) is 0. The molecular formula is C9H17FN2. The van der Waals surface area contributed by atoms with Crippen molar-refractivity contribution >= 4 is 0 Å². The monoisotopic (exact) mass is 172 g/mol. The summed E-state index contributed by atoms with van der Waals surface area (Å²) in [5.74, 6) is -0.225. The standard InChI is InChI=1S/C7H11FN2.C2H6/c1-4-6-5(2)7(8)10(3)9-6;1-2/h4H2,1-3H3;1-2H3. The van der Waals surface area contributed by atoms with Gasteiger partial charge >= 0.3 is 0 Å². The summed E-state index contributed by atoms with van der Waals surface area (Å²) in [5.41, 5.74) is 1.52. The third kappa shape index (κ3) is 2.06. The van der Waals surface area contributed by atoms with Gasteiger partial charge in [-0.2, -0.15) is 9.49 Å². The zero-order valence-electron chi connectivity index (χ0n) is 8.48. The Morgan fingerprint density at radius 3 is 2.08 bits per heavy atom. The average molecular weight is 172 g/mol. The summed E-state index contributed by atoms with van der Waals surface area (Å²) < 4.78 is 14.1. The molecule has 0 aliphatic heterocycles. The molecular weight excluding hydrogens is 155 g/mol. The highest BCUT2D eigenvalue weighted by atomic mass is 19.1. The number of hydrogen-bond acceptors (Lipinski definition) is 1. The Labute approximate surface area is 73.4 Å². The maximum atomic E-state index is 12.8. The van der Waals surface area contributed by atoms with Crippen LogP contribution < -0.4 is 0 Å². The van der Waals surface area contributed by atoms with Gasteiger partial charge in [-0.15, -0.1) is 0 Å². The molecule has 0 amide bonds. The van der Waals surface area contributed by atoms with E-state index in [0.29, 0.717) is 5.56 Å². The Hall–Kier alpha value is -0.860. The summed E-state index contributed by atoms with van der Waals surface area (Å²) in [6.45, 7) is 7.72. The lowest BCUT2D eigenvalue weighted by Gasteiger charge is -1.86. The van der Waals surface area contributed by atoms with E-state index in [9.17, 15) is 4.39 Å². The van der Waals surface area contributed by atoms with Gasteiger partial charge in [0.25, 0.3) is 0 Å². The summed E-state index contributed by atoms with van der Waals surface area (Å²) >= 11 is 0. The number of nitrogens with zero attached hydrogens (tertiary/aromatic N) is 2. The van der Waals surface area contributed by atoms with E-state index in [-0.39, 0.29) is 5.95 Å². The molecule has 12 heavy (non-hydrogen) atoms. The third-order valence-corrected chi connectivity index (χ3v) is 1.63.